The summed E-state index contributed by atoms with van der Waals surface area (Å²) in [7, 11) is -1.72. The first kappa shape index (κ1) is 18.2. The van der Waals surface area contributed by atoms with Gasteiger partial charge in [0.2, 0.25) is 0 Å². The molecule has 0 saturated carbocycles. The van der Waals surface area contributed by atoms with Crippen LogP contribution in [0.1, 0.15) is 27.2 Å². The second-order valence-corrected chi connectivity index (χ2v) is 7.34. The first-order chi connectivity index (χ1) is 8.44. The minimum atomic E-state index is -3.33. The molecule has 0 aromatic rings. The van der Waals surface area contributed by atoms with Crippen LogP contribution in [0.2, 0.25) is 0 Å². The van der Waals surface area contributed by atoms with E-state index in [2.05, 4.69) is 17.0 Å². The molecular formula is C11H27N3O2S2. The van der Waals surface area contributed by atoms with Crippen molar-refractivity contribution in [1.29, 1.82) is 0 Å². The Kier molecular flexibility index (Phi) is 10.1. The molecule has 0 amide bonds. The van der Waals surface area contributed by atoms with E-state index in [0.29, 0.717) is 6.54 Å². The zero-order valence-electron chi connectivity index (χ0n) is 11.9. The first-order valence-electron chi connectivity index (χ1n) is 6.46. The van der Waals surface area contributed by atoms with Crippen LogP contribution in [0, 0.1) is 0 Å². The van der Waals surface area contributed by atoms with Crippen LogP contribution in [0.25, 0.3) is 0 Å². The third kappa shape index (κ3) is 8.31. The summed E-state index contributed by atoms with van der Waals surface area (Å²) in [5, 5.41) is 3.18. The van der Waals surface area contributed by atoms with Crippen molar-refractivity contribution in [1.82, 2.24) is 14.3 Å². The van der Waals surface area contributed by atoms with Crippen molar-refractivity contribution in [2.45, 2.75) is 33.2 Å². The van der Waals surface area contributed by atoms with E-state index in [1.54, 1.807) is 18.8 Å². The molecule has 5 nitrogen and oxygen atoms in total. The summed E-state index contributed by atoms with van der Waals surface area (Å²) in [6, 6.07) is -0.0313. The predicted octanol–water partition coefficient (Wildman–Crippen LogP) is 0.894. The Morgan fingerprint density at radius 3 is 2.56 bits per heavy atom. The van der Waals surface area contributed by atoms with E-state index in [0.717, 1.165) is 31.0 Å². The number of hydrogen-bond donors (Lipinski definition) is 2. The minimum absolute atomic E-state index is 0.0313. The first-order valence-corrected chi connectivity index (χ1v) is 9.05. The van der Waals surface area contributed by atoms with Gasteiger partial charge in [0.25, 0.3) is 10.2 Å². The quantitative estimate of drug-likeness (QED) is 0.556. The van der Waals surface area contributed by atoms with Gasteiger partial charge in [0, 0.05) is 25.4 Å². The summed E-state index contributed by atoms with van der Waals surface area (Å²) in [4.78, 5) is 0. The summed E-state index contributed by atoms with van der Waals surface area (Å²) in [6.07, 6.45) is 0.823. The van der Waals surface area contributed by atoms with Gasteiger partial charge in [-0.2, -0.15) is 29.2 Å². The lowest BCUT2D eigenvalue weighted by Crippen LogP contribution is -2.44. The molecule has 0 radical (unpaired) electrons. The van der Waals surface area contributed by atoms with Gasteiger partial charge in [0.1, 0.15) is 0 Å². The lowest BCUT2D eigenvalue weighted by Gasteiger charge is -2.21. The van der Waals surface area contributed by atoms with Crippen LogP contribution in [-0.2, 0) is 10.2 Å². The zero-order valence-corrected chi connectivity index (χ0v) is 13.5. The van der Waals surface area contributed by atoms with Crippen LogP contribution >= 0.6 is 11.8 Å². The van der Waals surface area contributed by atoms with E-state index >= 15 is 0 Å². The topological polar surface area (TPSA) is 61.4 Å². The maximum atomic E-state index is 12.0. The van der Waals surface area contributed by atoms with E-state index in [4.69, 9.17) is 0 Å². The average molecular weight is 297 g/mol. The predicted molar refractivity (Wildman–Crippen MR) is 80.3 cm³/mol. The summed E-state index contributed by atoms with van der Waals surface area (Å²) in [5.74, 6) is 1.81. The molecule has 18 heavy (non-hydrogen) atoms. The fourth-order valence-electron chi connectivity index (χ4n) is 1.40. The third-order valence-electron chi connectivity index (χ3n) is 2.41. The summed E-state index contributed by atoms with van der Waals surface area (Å²) in [5.41, 5.74) is 0. The molecule has 7 heteroatoms. The molecule has 2 N–H and O–H groups in total. The number of rotatable bonds is 11. The Morgan fingerprint density at radius 2 is 2.00 bits per heavy atom. The SMILES string of the molecule is CCNCCCN(C)S(=O)(=O)NC(C)CSCC. The zero-order chi connectivity index (χ0) is 14.0. The van der Waals surface area contributed by atoms with Gasteiger partial charge in [-0.3, -0.25) is 0 Å². The van der Waals surface area contributed by atoms with Gasteiger partial charge in [0.15, 0.2) is 0 Å². The molecule has 0 aliphatic heterocycles. The fourth-order valence-corrected chi connectivity index (χ4v) is 3.32. The monoisotopic (exact) mass is 297 g/mol. The van der Waals surface area contributed by atoms with Crippen LogP contribution in [0.15, 0.2) is 0 Å². The second-order valence-electron chi connectivity index (χ2n) is 4.21. The molecular weight excluding hydrogens is 270 g/mol. The lowest BCUT2D eigenvalue weighted by molar-refractivity contribution is 0.441. The molecule has 0 aromatic carbocycles. The van der Waals surface area contributed by atoms with Crippen molar-refractivity contribution in [2.24, 2.45) is 0 Å². The second kappa shape index (κ2) is 10.0. The van der Waals surface area contributed by atoms with Crippen molar-refractivity contribution in [3.8, 4) is 0 Å². The number of nitrogens with one attached hydrogen (secondary N) is 2. The maximum Gasteiger partial charge on any atom is 0.279 e. The van der Waals surface area contributed by atoms with E-state index in [1.807, 2.05) is 13.8 Å². The molecule has 1 atom stereocenters. The Hall–Kier alpha value is 0.180. The molecule has 0 rings (SSSR count). The van der Waals surface area contributed by atoms with Gasteiger partial charge >= 0.3 is 0 Å². The molecule has 0 aromatic heterocycles. The van der Waals surface area contributed by atoms with Gasteiger partial charge < -0.3 is 5.32 Å². The molecule has 0 aliphatic rings. The number of thioether (sulfide) groups is 1. The van der Waals surface area contributed by atoms with Crippen LogP contribution in [0.3, 0.4) is 0 Å². The van der Waals surface area contributed by atoms with Crippen molar-refractivity contribution >= 4 is 22.0 Å². The fraction of sp³-hybridized carbons (Fsp3) is 1.00. The molecule has 0 fully saturated rings. The molecule has 0 bridgehead atoms. The van der Waals surface area contributed by atoms with Crippen molar-refractivity contribution in [2.75, 3.05) is 38.2 Å². The summed E-state index contributed by atoms with van der Waals surface area (Å²) < 4.78 is 28.0. The van der Waals surface area contributed by atoms with Crippen molar-refractivity contribution in [3.05, 3.63) is 0 Å². The van der Waals surface area contributed by atoms with E-state index in [1.165, 1.54) is 4.31 Å². The summed E-state index contributed by atoms with van der Waals surface area (Å²) in [6.45, 7) is 8.30. The Bertz CT molecular complexity index is 297. The maximum absolute atomic E-state index is 12.0. The van der Waals surface area contributed by atoms with E-state index < -0.39 is 10.2 Å². The van der Waals surface area contributed by atoms with Crippen LogP contribution in [0.4, 0.5) is 0 Å². The van der Waals surface area contributed by atoms with Crippen molar-refractivity contribution < 1.29 is 8.42 Å². The van der Waals surface area contributed by atoms with Crippen molar-refractivity contribution in [3.63, 3.8) is 0 Å². The largest absolute Gasteiger partial charge is 0.317 e. The summed E-state index contributed by atoms with van der Waals surface area (Å²) >= 11 is 1.74. The van der Waals surface area contributed by atoms with E-state index in [-0.39, 0.29) is 6.04 Å². The molecule has 0 saturated heterocycles. The highest BCUT2D eigenvalue weighted by Gasteiger charge is 2.19. The average Bonchev–Trinajstić information content (AvgIpc) is 2.31. The van der Waals surface area contributed by atoms with Gasteiger partial charge in [-0.1, -0.05) is 13.8 Å². The Labute approximate surface area is 116 Å². The third-order valence-corrected chi connectivity index (χ3v) is 5.26. The van der Waals surface area contributed by atoms with Crippen LogP contribution in [0.5, 0.6) is 0 Å². The standard InChI is InChI=1S/C11H27N3O2S2/c1-5-12-8-7-9-14(4)18(15,16)13-11(3)10-17-6-2/h11-13H,5-10H2,1-4H3. The highest BCUT2D eigenvalue weighted by Crippen LogP contribution is 2.04. The van der Waals surface area contributed by atoms with Gasteiger partial charge in [-0.05, 0) is 32.2 Å². The molecule has 0 heterocycles. The van der Waals surface area contributed by atoms with E-state index in [9.17, 15) is 8.42 Å². The highest BCUT2D eigenvalue weighted by molar-refractivity contribution is 7.99. The molecule has 0 spiro atoms. The molecule has 1 unspecified atom stereocenters. The minimum Gasteiger partial charge on any atom is -0.317 e. The van der Waals surface area contributed by atoms with Gasteiger partial charge in [-0.25, -0.2) is 0 Å². The highest BCUT2D eigenvalue weighted by atomic mass is 32.2. The van der Waals surface area contributed by atoms with Gasteiger partial charge in [0.05, 0.1) is 0 Å². The number of nitrogens with zero attached hydrogens (tertiary/aromatic N) is 1. The Balaban J connectivity index is 4.02. The van der Waals surface area contributed by atoms with Crippen LogP contribution in [-0.4, -0.2) is 57.0 Å². The van der Waals surface area contributed by atoms with Gasteiger partial charge in [-0.15, -0.1) is 0 Å². The molecule has 110 valence electrons. The normalized spacial score (nSPS) is 14.1. The Morgan fingerprint density at radius 1 is 1.33 bits per heavy atom. The molecule has 0 aliphatic carbocycles. The smallest absolute Gasteiger partial charge is 0.279 e. The van der Waals surface area contributed by atoms with Crippen LogP contribution < -0.4 is 10.0 Å². The number of hydrogen-bond acceptors (Lipinski definition) is 4. The lowest BCUT2D eigenvalue weighted by atomic mass is 10.4.